The van der Waals surface area contributed by atoms with Crippen LogP contribution in [0.15, 0.2) is 41.0 Å². The van der Waals surface area contributed by atoms with Gasteiger partial charge in [-0.3, -0.25) is 9.59 Å². The van der Waals surface area contributed by atoms with Gasteiger partial charge in [-0.15, -0.1) is 0 Å². The van der Waals surface area contributed by atoms with E-state index in [0.29, 0.717) is 29.2 Å². The van der Waals surface area contributed by atoms with Crippen molar-refractivity contribution in [3.8, 4) is 11.5 Å². The lowest BCUT2D eigenvalue weighted by Crippen LogP contribution is -2.47. The molecule has 2 rings (SSSR count). The van der Waals surface area contributed by atoms with Crippen molar-refractivity contribution in [3.05, 3.63) is 47.9 Å². The molecule has 1 heterocycles. The van der Waals surface area contributed by atoms with Crippen LogP contribution in [-0.4, -0.2) is 32.1 Å². The van der Waals surface area contributed by atoms with E-state index in [-0.39, 0.29) is 24.3 Å². The summed E-state index contributed by atoms with van der Waals surface area (Å²) in [5, 5.41) is 5.60. The smallest absolute Gasteiger partial charge is 0.252 e. The van der Waals surface area contributed by atoms with Gasteiger partial charge in [0.05, 0.1) is 27.0 Å². The Morgan fingerprint density at radius 3 is 2.30 bits per heavy atom. The first-order valence-corrected chi connectivity index (χ1v) is 8.77. The van der Waals surface area contributed by atoms with Crippen molar-refractivity contribution in [3.63, 3.8) is 0 Å². The molecule has 0 aliphatic heterocycles. The van der Waals surface area contributed by atoms with Crippen LogP contribution < -0.4 is 20.1 Å². The first-order chi connectivity index (χ1) is 12.9. The molecular formula is C20H26N2O5. The van der Waals surface area contributed by atoms with Gasteiger partial charge in [-0.25, -0.2) is 0 Å². The van der Waals surface area contributed by atoms with Crippen molar-refractivity contribution >= 4 is 11.8 Å². The lowest BCUT2D eigenvalue weighted by Gasteiger charge is -2.20. The predicted molar refractivity (Wildman–Crippen MR) is 101 cm³/mol. The number of ether oxygens (including phenoxy) is 2. The molecule has 2 amide bonds. The monoisotopic (exact) mass is 374 g/mol. The maximum absolute atomic E-state index is 12.7. The molecule has 146 valence electrons. The fraction of sp³-hybridized carbons (Fsp3) is 0.400. The zero-order chi connectivity index (χ0) is 19.8. The van der Waals surface area contributed by atoms with Crippen LogP contribution in [0.1, 0.15) is 36.4 Å². The summed E-state index contributed by atoms with van der Waals surface area (Å²) in [5.41, 5.74) is 0.360. The van der Waals surface area contributed by atoms with Crippen LogP contribution in [0.3, 0.4) is 0 Å². The highest BCUT2D eigenvalue weighted by Crippen LogP contribution is 2.22. The molecule has 0 aliphatic carbocycles. The van der Waals surface area contributed by atoms with E-state index in [0.717, 1.165) is 0 Å². The minimum absolute atomic E-state index is 0.226. The van der Waals surface area contributed by atoms with Gasteiger partial charge in [-0.2, -0.15) is 0 Å². The molecule has 0 bridgehead atoms. The van der Waals surface area contributed by atoms with Crippen molar-refractivity contribution in [1.29, 1.82) is 0 Å². The van der Waals surface area contributed by atoms with E-state index in [1.807, 2.05) is 13.8 Å². The van der Waals surface area contributed by atoms with Crippen LogP contribution in [0.2, 0.25) is 0 Å². The Balaban J connectivity index is 2.10. The van der Waals surface area contributed by atoms with Gasteiger partial charge in [0.15, 0.2) is 0 Å². The molecule has 0 saturated heterocycles. The van der Waals surface area contributed by atoms with E-state index in [2.05, 4.69) is 10.6 Å². The summed E-state index contributed by atoms with van der Waals surface area (Å²) in [4.78, 5) is 25.3. The summed E-state index contributed by atoms with van der Waals surface area (Å²) in [6.07, 6.45) is 2.06. The molecule has 0 spiro atoms. The molecule has 2 N–H and O–H groups in total. The van der Waals surface area contributed by atoms with Crippen LogP contribution >= 0.6 is 0 Å². The molecule has 27 heavy (non-hydrogen) atoms. The third kappa shape index (κ3) is 6.06. The van der Waals surface area contributed by atoms with Crippen LogP contribution in [0.4, 0.5) is 0 Å². The molecule has 1 atom stereocenters. The summed E-state index contributed by atoms with van der Waals surface area (Å²) in [6, 6.07) is 7.75. The van der Waals surface area contributed by atoms with Crippen molar-refractivity contribution in [2.75, 3.05) is 14.2 Å². The Kier molecular flexibility index (Phi) is 7.28. The van der Waals surface area contributed by atoms with Crippen molar-refractivity contribution in [2.45, 2.75) is 32.9 Å². The van der Waals surface area contributed by atoms with E-state index in [9.17, 15) is 9.59 Å². The summed E-state index contributed by atoms with van der Waals surface area (Å²) in [6.45, 7) is 4.25. The Morgan fingerprint density at radius 1 is 1.11 bits per heavy atom. The standard InChI is InChI=1S/C20H26N2O5/c1-13(2)8-18(20(24)21-12-15-6-5-7-27-15)22-19(23)14-9-16(25-3)11-17(10-14)26-4/h5-7,9-11,13,18H,8,12H2,1-4H3,(H,21,24)(H,22,23)/t18-/m0/s1. The number of hydrogen-bond acceptors (Lipinski definition) is 5. The third-order valence-corrected chi connectivity index (χ3v) is 3.96. The van der Waals surface area contributed by atoms with Crippen LogP contribution in [0.25, 0.3) is 0 Å². The lowest BCUT2D eigenvalue weighted by atomic mass is 10.0. The summed E-state index contributed by atoms with van der Waals surface area (Å²) in [5.74, 6) is 1.25. The lowest BCUT2D eigenvalue weighted by molar-refractivity contribution is -0.123. The topological polar surface area (TPSA) is 89.8 Å². The Bertz CT molecular complexity index is 733. The van der Waals surface area contributed by atoms with Crippen molar-refractivity contribution in [2.24, 2.45) is 5.92 Å². The molecule has 0 aliphatic rings. The summed E-state index contributed by atoms with van der Waals surface area (Å²) in [7, 11) is 3.03. The molecule has 0 fully saturated rings. The second-order valence-corrected chi connectivity index (χ2v) is 6.55. The molecule has 0 unspecified atom stereocenters. The molecule has 2 aromatic rings. The number of furan rings is 1. The van der Waals surface area contributed by atoms with Crippen molar-refractivity contribution in [1.82, 2.24) is 10.6 Å². The van der Waals surface area contributed by atoms with Gasteiger partial charge < -0.3 is 24.5 Å². The van der Waals surface area contributed by atoms with Crippen LogP contribution in [-0.2, 0) is 11.3 Å². The summed E-state index contributed by atoms with van der Waals surface area (Å²) < 4.78 is 15.6. The van der Waals surface area contributed by atoms with Gasteiger partial charge >= 0.3 is 0 Å². The average molecular weight is 374 g/mol. The molecule has 1 aromatic heterocycles. The first-order valence-electron chi connectivity index (χ1n) is 8.77. The van der Waals surface area contributed by atoms with Gasteiger partial charge in [0, 0.05) is 11.6 Å². The molecule has 7 heteroatoms. The van der Waals surface area contributed by atoms with Gasteiger partial charge in [-0.05, 0) is 36.6 Å². The van der Waals surface area contributed by atoms with Crippen LogP contribution in [0.5, 0.6) is 11.5 Å². The van der Waals surface area contributed by atoms with Gasteiger partial charge in [0.2, 0.25) is 5.91 Å². The second-order valence-electron chi connectivity index (χ2n) is 6.55. The van der Waals surface area contributed by atoms with E-state index in [4.69, 9.17) is 13.9 Å². The maximum atomic E-state index is 12.7. The highest BCUT2D eigenvalue weighted by molar-refractivity contribution is 5.98. The SMILES string of the molecule is COc1cc(OC)cc(C(=O)N[C@@H](CC(C)C)C(=O)NCc2ccco2)c1. The quantitative estimate of drug-likeness (QED) is 0.704. The Morgan fingerprint density at radius 2 is 1.78 bits per heavy atom. The summed E-state index contributed by atoms with van der Waals surface area (Å²) >= 11 is 0. The minimum atomic E-state index is -0.662. The fourth-order valence-electron chi connectivity index (χ4n) is 2.59. The highest BCUT2D eigenvalue weighted by Gasteiger charge is 2.23. The van der Waals surface area contributed by atoms with E-state index < -0.39 is 6.04 Å². The highest BCUT2D eigenvalue weighted by atomic mass is 16.5. The molecule has 1 aromatic carbocycles. The van der Waals surface area contributed by atoms with E-state index in [1.165, 1.54) is 14.2 Å². The zero-order valence-corrected chi connectivity index (χ0v) is 16.1. The largest absolute Gasteiger partial charge is 0.497 e. The van der Waals surface area contributed by atoms with E-state index >= 15 is 0 Å². The number of carbonyl (C=O) groups is 2. The number of amides is 2. The van der Waals surface area contributed by atoms with Gasteiger partial charge in [-0.1, -0.05) is 13.8 Å². The average Bonchev–Trinajstić information content (AvgIpc) is 3.18. The maximum Gasteiger partial charge on any atom is 0.252 e. The molecule has 7 nitrogen and oxygen atoms in total. The van der Waals surface area contributed by atoms with E-state index in [1.54, 1.807) is 36.6 Å². The third-order valence-electron chi connectivity index (χ3n) is 3.96. The first kappa shape index (κ1) is 20.4. The number of nitrogens with one attached hydrogen (secondary N) is 2. The number of rotatable bonds is 9. The molecule has 0 saturated carbocycles. The second kappa shape index (κ2) is 9.66. The van der Waals surface area contributed by atoms with Crippen molar-refractivity contribution < 1.29 is 23.5 Å². The minimum Gasteiger partial charge on any atom is -0.497 e. The number of benzene rings is 1. The number of carbonyl (C=O) groups excluding carboxylic acids is 2. The Hall–Kier alpha value is -2.96. The normalized spacial score (nSPS) is 11.7. The zero-order valence-electron chi connectivity index (χ0n) is 16.1. The van der Waals surface area contributed by atoms with Gasteiger partial charge in [0.25, 0.3) is 5.91 Å². The number of hydrogen-bond donors (Lipinski definition) is 2. The van der Waals surface area contributed by atoms with Gasteiger partial charge in [0.1, 0.15) is 23.3 Å². The predicted octanol–water partition coefficient (Wildman–Crippen LogP) is 2.76. The van der Waals surface area contributed by atoms with Crippen LogP contribution in [0, 0.1) is 5.92 Å². The Labute approximate surface area is 159 Å². The number of methoxy groups -OCH3 is 2. The molecular weight excluding hydrogens is 348 g/mol. The fourth-order valence-corrected chi connectivity index (χ4v) is 2.59. The molecule has 0 radical (unpaired) electrons.